The van der Waals surface area contributed by atoms with Gasteiger partial charge < -0.3 is 19.7 Å². The average Bonchev–Trinajstić information content (AvgIpc) is 3.45. The second kappa shape index (κ2) is 15.4. The summed E-state index contributed by atoms with van der Waals surface area (Å²) in [7, 11) is 0. The molecule has 1 heterocycles. The third-order valence-corrected chi connectivity index (χ3v) is 7.45. The van der Waals surface area contributed by atoms with Crippen molar-refractivity contribution >= 4 is 29.4 Å². The first-order valence-electron chi connectivity index (χ1n) is 15.7. The zero-order valence-electron chi connectivity index (χ0n) is 27.4. The van der Waals surface area contributed by atoms with Crippen molar-refractivity contribution in [3.63, 3.8) is 0 Å². The Balaban J connectivity index is 1.64. The van der Waals surface area contributed by atoms with E-state index in [1.54, 1.807) is 75.1 Å². The molecule has 0 radical (unpaired) electrons. The van der Waals surface area contributed by atoms with Gasteiger partial charge in [0.1, 0.15) is 11.4 Å². The Morgan fingerprint density at radius 1 is 0.958 bits per heavy atom. The summed E-state index contributed by atoms with van der Waals surface area (Å²) in [5.41, 5.74) is -0.322. The van der Waals surface area contributed by atoms with Crippen molar-refractivity contribution in [1.29, 1.82) is 0 Å². The molecule has 1 fully saturated rings. The molecule has 9 nitrogen and oxygen atoms in total. The van der Waals surface area contributed by atoms with Gasteiger partial charge >= 0.3 is 12.3 Å². The third kappa shape index (κ3) is 10.1. The number of ether oxygens (including phenoxy) is 2. The number of alkyl halides is 3. The Bertz CT molecular complexity index is 1620. The number of halogens is 3. The van der Waals surface area contributed by atoms with Gasteiger partial charge in [-0.2, -0.15) is 13.2 Å². The van der Waals surface area contributed by atoms with Crippen LogP contribution in [0.4, 0.5) is 23.7 Å². The lowest BCUT2D eigenvalue weighted by Crippen LogP contribution is -2.48. The molecule has 0 saturated carbocycles. The number of hydrogen-bond donors (Lipinski definition) is 1. The molecular formula is C36H40F3N3O6. The van der Waals surface area contributed by atoms with Gasteiger partial charge in [0, 0.05) is 36.8 Å². The van der Waals surface area contributed by atoms with E-state index in [9.17, 15) is 32.3 Å². The largest absolute Gasteiger partial charge is 0.494 e. The fourth-order valence-corrected chi connectivity index (χ4v) is 5.25. The molecule has 48 heavy (non-hydrogen) atoms. The molecule has 1 N–H and O–H groups in total. The number of carbonyl (C=O) groups excluding carboxylic acids is 4. The van der Waals surface area contributed by atoms with Crippen LogP contribution in [0.2, 0.25) is 0 Å². The Kier molecular flexibility index (Phi) is 11.5. The van der Waals surface area contributed by atoms with Crippen molar-refractivity contribution in [2.24, 2.45) is 0 Å². The highest BCUT2D eigenvalue weighted by atomic mass is 19.4. The fraction of sp³-hybridized carbons (Fsp3) is 0.389. The molecule has 1 aliphatic rings. The minimum absolute atomic E-state index is 0.0692. The van der Waals surface area contributed by atoms with Crippen LogP contribution in [0.5, 0.6) is 5.75 Å². The van der Waals surface area contributed by atoms with Gasteiger partial charge in [0.15, 0.2) is 5.78 Å². The SMILES string of the molecule is CCOc1cc(C(=O)N[C@@H](Cc2ccccc2)C(=O)CN(Cc2cccc(C(F)(F)F)c2)C(=O)OC(C)(C)C)cc(N2CCCC2=O)c1. The number of amides is 3. The van der Waals surface area contributed by atoms with Crippen LogP contribution in [0.25, 0.3) is 0 Å². The maximum absolute atomic E-state index is 14.0. The van der Waals surface area contributed by atoms with E-state index < -0.39 is 47.7 Å². The van der Waals surface area contributed by atoms with E-state index in [0.29, 0.717) is 37.4 Å². The van der Waals surface area contributed by atoms with Gasteiger partial charge in [-0.3, -0.25) is 19.3 Å². The highest BCUT2D eigenvalue weighted by Gasteiger charge is 2.32. The summed E-state index contributed by atoms with van der Waals surface area (Å²) in [5.74, 6) is -0.875. The maximum Gasteiger partial charge on any atom is 0.416 e. The number of hydrogen-bond acceptors (Lipinski definition) is 6. The second-order valence-corrected chi connectivity index (χ2v) is 12.5. The van der Waals surface area contributed by atoms with Crippen LogP contribution in [0.15, 0.2) is 72.8 Å². The molecule has 12 heteroatoms. The Hall–Kier alpha value is -4.87. The number of Topliss-reactive ketones (excluding diaryl/α,β-unsaturated/α-hetero) is 1. The van der Waals surface area contributed by atoms with Crippen LogP contribution in [0.3, 0.4) is 0 Å². The van der Waals surface area contributed by atoms with Crippen LogP contribution in [-0.4, -0.2) is 59.9 Å². The van der Waals surface area contributed by atoms with E-state index in [2.05, 4.69) is 5.32 Å². The summed E-state index contributed by atoms with van der Waals surface area (Å²) in [5, 5.41) is 2.79. The minimum Gasteiger partial charge on any atom is -0.494 e. The molecular weight excluding hydrogens is 627 g/mol. The summed E-state index contributed by atoms with van der Waals surface area (Å²) in [4.78, 5) is 56.1. The first kappa shape index (κ1) is 36.0. The topological polar surface area (TPSA) is 105 Å². The molecule has 0 unspecified atom stereocenters. The molecule has 1 saturated heterocycles. The summed E-state index contributed by atoms with van der Waals surface area (Å²) in [6.07, 6.45) is -4.36. The average molecular weight is 668 g/mol. The summed E-state index contributed by atoms with van der Waals surface area (Å²) in [6, 6.07) is 17.1. The zero-order valence-corrected chi connectivity index (χ0v) is 27.4. The first-order valence-corrected chi connectivity index (χ1v) is 15.7. The molecule has 1 atom stereocenters. The van der Waals surface area contributed by atoms with Crippen molar-refractivity contribution in [3.8, 4) is 5.75 Å². The summed E-state index contributed by atoms with van der Waals surface area (Å²) >= 11 is 0. The molecule has 3 aromatic carbocycles. The van der Waals surface area contributed by atoms with Crippen LogP contribution >= 0.6 is 0 Å². The third-order valence-electron chi connectivity index (χ3n) is 7.45. The van der Waals surface area contributed by atoms with Crippen molar-refractivity contribution in [2.75, 3.05) is 24.6 Å². The predicted octanol–water partition coefficient (Wildman–Crippen LogP) is 6.58. The fourth-order valence-electron chi connectivity index (χ4n) is 5.25. The molecule has 0 aliphatic carbocycles. The number of nitrogens with one attached hydrogen (secondary N) is 1. The van der Waals surface area contributed by atoms with Crippen molar-refractivity contribution in [2.45, 2.75) is 71.3 Å². The van der Waals surface area contributed by atoms with Crippen LogP contribution in [-0.2, 0) is 33.5 Å². The number of rotatable bonds is 12. The monoisotopic (exact) mass is 667 g/mol. The second-order valence-electron chi connectivity index (χ2n) is 12.5. The minimum atomic E-state index is -4.60. The number of nitrogens with zero attached hydrogens (tertiary/aromatic N) is 2. The van der Waals surface area contributed by atoms with Gasteiger partial charge in [-0.1, -0.05) is 42.5 Å². The highest BCUT2D eigenvalue weighted by molar-refractivity contribution is 6.01. The van der Waals surface area contributed by atoms with Gasteiger partial charge in [0.2, 0.25) is 5.91 Å². The number of anilines is 1. The zero-order chi connectivity index (χ0) is 35.1. The van der Waals surface area contributed by atoms with Gasteiger partial charge in [-0.05, 0) is 75.9 Å². The summed E-state index contributed by atoms with van der Waals surface area (Å²) < 4.78 is 51.5. The van der Waals surface area contributed by atoms with Crippen molar-refractivity contribution in [1.82, 2.24) is 10.2 Å². The molecule has 256 valence electrons. The lowest BCUT2D eigenvalue weighted by atomic mass is 10.0. The van der Waals surface area contributed by atoms with E-state index in [4.69, 9.17) is 9.47 Å². The van der Waals surface area contributed by atoms with E-state index in [0.717, 1.165) is 22.6 Å². The first-order chi connectivity index (χ1) is 22.6. The molecule has 4 rings (SSSR count). The molecule has 0 spiro atoms. The number of ketones is 1. The summed E-state index contributed by atoms with van der Waals surface area (Å²) in [6.45, 7) is 6.60. The predicted molar refractivity (Wildman–Crippen MR) is 174 cm³/mol. The lowest BCUT2D eigenvalue weighted by molar-refractivity contribution is -0.137. The van der Waals surface area contributed by atoms with E-state index >= 15 is 0 Å². The van der Waals surface area contributed by atoms with Crippen LogP contribution in [0.1, 0.15) is 67.6 Å². The number of carbonyl (C=O) groups is 4. The Labute approximate surface area is 278 Å². The van der Waals surface area contributed by atoms with Crippen LogP contribution < -0.4 is 15.0 Å². The Morgan fingerprint density at radius 3 is 2.29 bits per heavy atom. The van der Waals surface area contributed by atoms with Gasteiger partial charge in [-0.25, -0.2) is 4.79 Å². The van der Waals surface area contributed by atoms with Crippen molar-refractivity contribution in [3.05, 3.63) is 95.1 Å². The van der Waals surface area contributed by atoms with E-state index in [1.165, 1.54) is 18.2 Å². The smallest absolute Gasteiger partial charge is 0.416 e. The van der Waals surface area contributed by atoms with E-state index in [-0.39, 0.29) is 30.0 Å². The van der Waals surface area contributed by atoms with Gasteiger partial charge in [0.05, 0.1) is 24.8 Å². The van der Waals surface area contributed by atoms with Gasteiger partial charge in [0.25, 0.3) is 5.91 Å². The molecule has 0 bridgehead atoms. The normalized spacial score (nSPS) is 14.0. The molecule has 3 aromatic rings. The molecule has 3 amide bonds. The quantitative estimate of drug-likeness (QED) is 0.234. The maximum atomic E-state index is 14.0. The van der Waals surface area contributed by atoms with Gasteiger partial charge in [-0.15, -0.1) is 0 Å². The molecule has 1 aliphatic heterocycles. The standard InChI is InChI=1S/C36H40F3N3O6/c1-5-47-29-20-26(19-28(21-29)42-16-10-15-32(42)44)33(45)40-30(18-24-11-7-6-8-12-24)31(43)23-41(34(46)48-35(2,3)4)22-25-13-9-14-27(17-25)36(37,38)39/h6-9,11-14,17,19-21,30H,5,10,15-16,18,22-23H2,1-4H3,(H,40,45)/t30-/m0/s1. The molecule has 0 aromatic heterocycles. The van der Waals surface area contributed by atoms with Crippen LogP contribution in [0, 0.1) is 0 Å². The number of benzene rings is 3. The Morgan fingerprint density at radius 2 is 1.67 bits per heavy atom. The highest BCUT2D eigenvalue weighted by Crippen LogP contribution is 2.30. The van der Waals surface area contributed by atoms with E-state index in [1.807, 2.05) is 0 Å². The lowest BCUT2D eigenvalue weighted by Gasteiger charge is -2.29. The van der Waals surface area contributed by atoms with Crippen molar-refractivity contribution < 1.29 is 41.8 Å².